The van der Waals surface area contributed by atoms with E-state index in [2.05, 4.69) is 10.1 Å². The molecule has 0 aliphatic heterocycles. The first-order valence-corrected chi connectivity index (χ1v) is 5.65. The minimum absolute atomic E-state index is 0.204. The molecule has 0 fully saturated rings. The van der Waals surface area contributed by atoms with Crippen LogP contribution in [0.3, 0.4) is 0 Å². The van der Waals surface area contributed by atoms with Gasteiger partial charge in [-0.1, -0.05) is 6.07 Å². The predicted octanol–water partition coefficient (Wildman–Crippen LogP) is 0.303. The molecule has 2 rings (SSSR count). The number of carbonyl (C=O) groups excluding carboxylic acids is 1. The normalized spacial score (nSPS) is 10.5. The van der Waals surface area contributed by atoms with Gasteiger partial charge in [0.2, 0.25) is 5.91 Å². The van der Waals surface area contributed by atoms with Gasteiger partial charge in [-0.05, 0) is 18.6 Å². The third-order valence-corrected chi connectivity index (χ3v) is 2.56. The lowest BCUT2D eigenvalue weighted by atomic mass is 10.2. The summed E-state index contributed by atoms with van der Waals surface area (Å²) in [6, 6.07) is 6.85. The quantitative estimate of drug-likeness (QED) is 0.811. The second kappa shape index (κ2) is 5.42. The van der Waals surface area contributed by atoms with Gasteiger partial charge in [-0.25, -0.2) is 0 Å². The molecule has 0 atom stereocenters. The first kappa shape index (κ1) is 12.3. The summed E-state index contributed by atoms with van der Waals surface area (Å²) in [7, 11) is 0. The highest BCUT2D eigenvalue weighted by Crippen LogP contribution is 2.00. The van der Waals surface area contributed by atoms with Gasteiger partial charge in [0.05, 0.1) is 5.69 Å². The first-order valence-electron chi connectivity index (χ1n) is 5.65. The molecule has 0 unspecified atom stereocenters. The van der Waals surface area contributed by atoms with Crippen molar-refractivity contribution in [3.8, 4) is 0 Å². The van der Waals surface area contributed by atoms with Gasteiger partial charge >= 0.3 is 0 Å². The Bertz CT molecular complexity index is 586. The fourth-order valence-electron chi connectivity index (χ4n) is 1.63. The van der Waals surface area contributed by atoms with Crippen molar-refractivity contribution in [2.45, 2.75) is 19.4 Å². The van der Waals surface area contributed by atoms with Crippen molar-refractivity contribution in [2.24, 2.45) is 5.73 Å². The summed E-state index contributed by atoms with van der Waals surface area (Å²) < 4.78 is 0.991. The molecule has 3 N–H and O–H groups in total. The van der Waals surface area contributed by atoms with Crippen LogP contribution in [-0.4, -0.2) is 20.7 Å². The SMILES string of the molecule is NCc1cc(=O)n(C(=O)CCc2ccccn2)[nH]1. The molecule has 18 heavy (non-hydrogen) atoms. The minimum Gasteiger partial charge on any atom is -0.325 e. The van der Waals surface area contributed by atoms with Crippen molar-refractivity contribution < 1.29 is 4.79 Å². The first-order chi connectivity index (χ1) is 8.70. The number of aromatic nitrogens is 3. The van der Waals surface area contributed by atoms with Gasteiger partial charge in [0.15, 0.2) is 0 Å². The predicted molar refractivity (Wildman–Crippen MR) is 66.1 cm³/mol. The molecule has 0 amide bonds. The number of aryl methyl sites for hydroxylation is 1. The second-order valence-corrected chi connectivity index (χ2v) is 3.87. The fourth-order valence-corrected chi connectivity index (χ4v) is 1.63. The molecule has 6 nitrogen and oxygen atoms in total. The molecule has 0 saturated heterocycles. The standard InChI is InChI=1S/C12H14N4O2/c13-8-10-7-12(18)16(15-10)11(17)5-4-9-3-1-2-6-14-9/h1-3,6-7,15H,4-5,8,13H2. The largest absolute Gasteiger partial charge is 0.325 e. The number of carbonyl (C=O) groups is 1. The van der Waals surface area contributed by atoms with Crippen LogP contribution in [0.5, 0.6) is 0 Å². The summed E-state index contributed by atoms with van der Waals surface area (Å²) >= 11 is 0. The molecule has 0 radical (unpaired) electrons. The van der Waals surface area contributed by atoms with Crippen molar-refractivity contribution in [1.29, 1.82) is 0 Å². The zero-order valence-corrected chi connectivity index (χ0v) is 9.80. The fraction of sp³-hybridized carbons (Fsp3) is 0.250. The van der Waals surface area contributed by atoms with E-state index in [0.29, 0.717) is 12.1 Å². The van der Waals surface area contributed by atoms with Crippen molar-refractivity contribution in [3.05, 3.63) is 52.2 Å². The topological polar surface area (TPSA) is 93.8 Å². The molecule has 0 saturated carbocycles. The van der Waals surface area contributed by atoms with Crippen LogP contribution >= 0.6 is 0 Å². The van der Waals surface area contributed by atoms with E-state index in [1.807, 2.05) is 18.2 Å². The van der Waals surface area contributed by atoms with Gasteiger partial charge < -0.3 is 5.73 Å². The lowest BCUT2D eigenvalue weighted by Gasteiger charge is -2.01. The van der Waals surface area contributed by atoms with Crippen LogP contribution in [0.25, 0.3) is 0 Å². The Kier molecular flexibility index (Phi) is 3.69. The van der Waals surface area contributed by atoms with Gasteiger partial charge in [0, 0.05) is 30.9 Å². The second-order valence-electron chi connectivity index (χ2n) is 3.87. The number of nitrogens with two attached hydrogens (primary N) is 1. The van der Waals surface area contributed by atoms with Crippen LogP contribution in [0.4, 0.5) is 0 Å². The Morgan fingerprint density at radius 1 is 1.44 bits per heavy atom. The maximum absolute atomic E-state index is 11.8. The van der Waals surface area contributed by atoms with E-state index in [1.54, 1.807) is 6.20 Å². The Labute approximate surface area is 103 Å². The van der Waals surface area contributed by atoms with Crippen molar-refractivity contribution in [1.82, 2.24) is 14.8 Å². The number of pyridine rings is 1. The molecular weight excluding hydrogens is 232 g/mol. The van der Waals surface area contributed by atoms with Crippen LogP contribution in [0.15, 0.2) is 35.3 Å². The van der Waals surface area contributed by atoms with E-state index < -0.39 is 0 Å². The number of rotatable bonds is 4. The summed E-state index contributed by atoms with van der Waals surface area (Å²) in [6.45, 7) is 0.204. The summed E-state index contributed by atoms with van der Waals surface area (Å²) in [5.41, 5.74) is 6.39. The van der Waals surface area contributed by atoms with E-state index in [9.17, 15) is 9.59 Å². The lowest BCUT2D eigenvalue weighted by molar-refractivity contribution is 0.0882. The van der Waals surface area contributed by atoms with Gasteiger partial charge in [-0.2, -0.15) is 4.68 Å². The van der Waals surface area contributed by atoms with E-state index in [4.69, 9.17) is 5.73 Å². The third-order valence-electron chi connectivity index (χ3n) is 2.56. The third kappa shape index (κ3) is 2.72. The van der Waals surface area contributed by atoms with E-state index in [-0.39, 0.29) is 24.4 Å². The van der Waals surface area contributed by atoms with Crippen LogP contribution < -0.4 is 11.3 Å². The number of aromatic amines is 1. The molecule has 0 bridgehead atoms. The molecule has 6 heteroatoms. The summed E-state index contributed by atoms with van der Waals surface area (Å²) in [5.74, 6) is -0.287. The Morgan fingerprint density at radius 2 is 2.28 bits per heavy atom. The Hall–Kier alpha value is -2.21. The molecule has 2 aromatic heterocycles. The van der Waals surface area contributed by atoms with Crippen LogP contribution in [0.2, 0.25) is 0 Å². The zero-order valence-electron chi connectivity index (χ0n) is 9.80. The summed E-state index contributed by atoms with van der Waals surface area (Å²) in [4.78, 5) is 27.4. The van der Waals surface area contributed by atoms with Gasteiger partial charge in [0.25, 0.3) is 5.56 Å². The summed E-state index contributed by atoms with van der Waals surface area (Å²) in [5, 5.41) is 2.68. The van der Waals surface area contributed by atoms with Crippen LogP contribution in [0, 0.1) is 0 Å². The number of H-pyrrole nitrogens is 1. The summed E-state index contributed by atoms with van der Waals surface area (Å²) in [6.07, 6.45) is 2.40. The van der Waals surface area contributed by atoms with Gasteiger partial charge in [0.1, 0.15) is 0 Å². The van der Waals surface area contributed by atoms with E-state index >= 15 is 0 Å². The Balaban J connectivity index is 2.04. The molecule has 94 valence electrons. The number of hydrogen-bond acceptors (Lipinski definition) is 4. The average molecular weight is 246 g/mol. The van der Waals surface area contributed by atoms with E-state index in [0.717, 1.165) is 10.4 Å². The maximum atomic E-state index is 11.8. The highest BCUT2D eigenvalue weighted by molar-refractivity contribution is 5.78. The lowest BCUT2D eigenvalue weighted by Crippen LogP contribution is -2.24. The van der Waals surface area contributed by atoms with E-state index in [1.165, 1.54) is 6.07 Å². The molecule has 0 aliphatic carbocycles. The number of nitrogens with one attached hydrogen (secondary N) is 1. The highest BCUT2D eigenvalue weighted by Gasteiger charge is 2.10. The molecule has 2 aromatic rings. The maximum Gasteiger partial charge on any atom is 0.273 e. The smallest absolute Gasteiger partial charge is 0.273 e. The Morgan fingerprint density at radius 3 is 2.89 bits per heavy atom. The van der Waals surface area contributed by atoms with Crippen molar-refractivity contribution in [3.63, 3.8) is 0 Å². The van der Waals surface area contributed by atoms with Crippen LogP contribution in [0.1, 0.15) is 22.6 Å². The number of nitrogens with zero attached hydrogens (tertiary/aromatic N) is 2. The van der Waals surface area contributed by atoms with Gasteiger partial charge in [-0.3, -0.25) is 19.7 Å². The molecule has 0 spiro atoms. The van der Waals surface area contributed by atoms with Gasteiger partial charge in [-0.15, -0.1) is 0 Å². The average Bonchev–Trinajstić information content (AvgIpc) is 2.78. The number of hydrogen-bond donors (Lipinski definition) is 2. The molecular formula is C12H14N4O2. The molecule has 0 aliphatic rings. The highest BCUT2D eigenvalue weighted by atomic mass is 16.2. The molecule has 0 aromatic carbocycles. The van der Waals surface area contributed by atoms with Crippen molar-refractivity contribution >= 4 is 5.91 Å². The minimum atomic E-state index is -0.374. The monoisotopic (exact) mass is 246 g/mol. The van der Waals surface area contributed by atoms with Crippen LogP contribution in [-0.2, 0) is 13.0 Å². The molecule has 2 heterocycles. The van der Waals surface area contributed by atoms with Crippen molar-refractivity contribution in [2.75, 3.05) is 0 Å². The zero-order chi connectivity index (χ0) is 13.0.